The first-order chi connectivity index (χ1) is 11.5. The maximum atomic E-state index is 11.6. The summed E-state index contributed by atoms with van der Waals surface area (Å²) in [4.78, 5) is 18.4. The highest BCUT2D eigenvalue weighted by Crippen LogP contribution is 2.17. The monoisotopic (exact) mass is 465 g/mol. The first-order valence-corrected chi connectivity index (χ1v) is 8.30. The molecule has 1 saturated heterocycles. The molecule has 7 nitrogen and oxygen atoms in total. The number of esters is 1. The van der Waals surface area contributed by atoms with Gasteiger partial charge in [-0.15, -0.1) is 24.0 Å². The molecule has 0 aliphatic carbocycles. The number of hydrogen-bond donors (Lipinski definition) is 1. The number of carbonyl (C=O) groups is 1. The summed E-state index contributed by atoms with van der Waals surface area (Å²) >= 11 is 0. The van der Waals surface area contributed by atoms with Crippen molar-refractivity contribution in [3.63, 3.8) is 0 Å². The lowest BCUT2D eigenvalue weighted by Crippen LogP contribution is -2.41. The van der Waals surface area contributed by atoms with Crippen molar-refractivity contribution in [2.24, 2.45) is 10.9 Å². The van der Waals surface area contributed by atoms with Gasteiger partial charge in [0, 0.05) is 32.7 Å². The highest BCUT2D eigenvalue weighted by molar-refractivity contribution is 14.0. The number of furan rings is 1. The molecule has 0 amide bonds. The third-order valence-electron chi connectivity index (χ3n) is 4.01. The van der Waals surface area contributed by atoms with Gasteiger partial charge in [0.05, 0.1) is 13.7 Å². The lowest BCUT2D eigenvalue weighted by atomic mass is 10.1. The van der Waals surface area contributed by atoms with Gasteiger partial charge in [0.2, 0.25) is 0 Å². The van der Waals surface area contributed by atoms with E-state index < -0.39 is 5.97 Å². The summed E-state index contributed by atoms with van der Waals surface area (Å²) in [5.74, 6) is 2.15. The van der Waals surface area contributed by atoms with Crippen LogP contribution >= 0.6 is 24.0 Å². The average molecular weight is 465 g/mol. The number of aryl methyl sites for hydroxylation is 1. The molecule has 2 rings (SSSR count). The van der Waals surface area contributed by atoms with Gasteiger partial charge in [-0.2, -0.15) is 0 Å². The first-order valence-electron chi connectivity index (χ1n) is 8.30. The topological polar surface area (TPSA) is 76.3 Å². The van der Waals surface area contributed by atoms with Crippen LogP contribution in [0.4, 0.5) is 0 Å². The summed E-state index contributed by atoms with van der Waals surface area (Å²) in [7, 11) is 3.38. The maximum absolute atomic E-state index is 11.6. The lowest BCUT2D eigenvalue weighted by molar-refractivity contribution is 0.0599. The Labute approximate surface area is 166 Å². The SMILES string of the molecule is CCNC(=NCc1cc(C(=O)OC)c(C)o1)N(C)CC1CCOC1.I. The number of methoxy groups -OCH3 is 1. The van der Waals surface area contributed by atoms with Crippen molar-refractivity contribution in [1.29, 1.82) is 0 Å². The van der Waals surface area contributed by atoms with Crippen LogP contribution in [0.5, 0.6) is 0 Å². The predicted molar refractivity (Wildman–Crippen MR) is 107 cm³/mol. The third-order valence-corrected chi connectivity index (χ3v) is 4.01. The number of hydrogen-bond acceptors (Lipinski definition) is 5. The second kappa shape index (κ2) is 10.6. The van der Waals surface area contributed by atoms with Crippen molar-refractivity contribution >= 4 is 35.9 Å². The van der Waals surface area contributed by atoms with Crippen LogP contribution in [0.2, 0.25) is 0 Å². The van der Waals surface area contributed by atoms with Gasteiger partial charge in [-0.05, 0) is 26.3 Å². The van der Waals surface area contributed by atoms with Crippen LogP contribution in [0.1, 0.15) is 35.2 Å². The molecule has 2 heterocycles. The number of guanidine groups is 1. The Balaban J connectivity index is 0.00000312. The highest BCUT2D eigenvalue weighted by atomic mass is 127. The van der Waals surface area contributed by atoms with Crippen molar-refractivity contribution in [1.82, 2.24) is 10.2 Å². The molecule has 1 aliphatic rings. The van der Waals surface area contributed by atoms with E-state index in [1.165, 1.54) is 7.11 Å². The number of halogens is 1. The van der Waals surface area contributed by atoms with Gasteiger partial charge in [0.15, 0.2) is 5.96 Å². The van der Waals surface area contributed by atoms with Gasteiger partial charge in [-0.3, -0.25) is 0 Å². The maximum Gasteiger partial charge on any atom is 0.341 e. The quantitative estimate of drug-likeness (QED) is 0.301. The minimum atomic E-state index is -0.392. The fourth-order valence-corrected chi connectivity index (χ4v) is 2.76. The number of aliphatic imine (C=N–C) groups is 1. The largest absolute Gasteiger partial charge is 0.465 e. The number of ether oxygens (including phenoxy) is 2. The Bertz CT molecular complexity index is 582. The molecule has 25 heavy (non-hydrogen) atoms. The summed E-state index contributed by atoms with van der Waals surface area (Å²) in [6, 6.07) is 1.69. The molecule has 0 aromatic carbocycles. The molecule has 0 radical (unpaired) electrons. The molecule has 1 aromatic heterocycles. The predicted octanol–water partition coefficient (Wildman–Crippen LogP) is 2.43. The summed E-state index contributed by atoms with van der Waals surface area (Å²) < 4.78 is 15.8. The summed E-state index contributed by atoms with van der Waals surface area (Å²) in [5, 5.41) is 3.28. The number of rotatable bonds is 6. The summed E-state index contributed by atoms with van der Waals surface area (Å²) in [6.07, 6.45) is 1.09. The zero-order valence-corrected chi connectivity index (χ0v) is 17.7. The van der Waals surface area contributed by atoms with Crippen LogP contribution in [-0.2, 0) is 16.0 Å². The Kier molecular flexibility index (Phi) is 9.26. The Morgan fingerprint density at radius 3 is 2.88 bits per heavy atom. The van der Waals surface area contributed by atoms with Gasteiger partial charge >= 0.3 is 5.97 Å². The van der Waals surface area contributed by atoms with E-state index in [4.69, 9.17) is 13.9 Å². The Morgan fingerprint density at radius 1 is 1.52 bits per heavy atom. The summed E-state index contributed by atoms with van der Waals surface area (Å²) in [6.45, 7) is 7.49. The molecule has 0 spiro atoms. The number of nitrogens with zero attached hydrogens (tertiary/aromatic N) is 2. The van der Waals surface area contributed by atoms with E-state index in [9.17, 15) is 4.79 Å². The molecule has 1 aromatic rings. The van der Waals surface area contributed by atoms with Crippen LogP contribution in [0.15, 0.2) is 15.5 Å². The van der Waals surface area contributed by atoms with E-state index in [0.717, 1.165) is 38.7 Å². The van der Waals surface area contributed by atoms with E-state index in [-0.39, 0.29) is 24.0 Å². The van der Waals surface area contributed by atoms with Crippen molar-refractivity contribution in [2.45, 2.75) is 26.8 Å². The number of nitrogens with one attached hydrogen (secondary N) is 1. The van der Waals surface area contributed by atoms with E-state index in [0.29, 0.717) is 29.5 Å². The Hall–Kier alpha value is -1.29. The zero-order chi connectivity index (χ0) is 17.5. The van der Waals surface area contributed by atoms with Crippen LogP contribution < -0.4 is 5.32 Å². The average Bonchev–Trinajstić information content (AvgIpc) is 3.20. The summed E-state index contributed by atoms with van der Waals surface area (Å²) in [5.41, 5.74) is 0.448. The standard InChI is InChI=1S/C17H27N3O4.HI/c1-5-18-17(20(3)10-13-6-7-23-11-13)19-9-14-8-15(12(2)24-14)16(21)22-4;/h8,13H,5-7,9-11H2,1-4H3,(H,18,19);1H. The first kappa shape index (κ1) is 21.8. The highest BCUT2D eigenvalue weighted by Gasteiger charge is 2.19. The normalized spacial score (nSPS) is 17.1. The molecule has 1 fully saturated rings. The smallest absolute Gasteiger partial charge is 0.341 e. The van der Waals surface area contributed by atoms with E-state index in [1.54, 1.807) is 13.0 Å². The van der Waals surface area contributed by atoms with Crippen LogP contribution in [-0.4, -0.2) is 57.3 Å². The third kappa shape index (κ3) is 6.18. The molecule has 1 N–H and O–H groups in total. The van der Waals surface area contributed by atoms with Gasteiger partial charge in [-0.1, -0.05) is 0 Å². The Morgan fingerprint density at radius 2 is 2.28 bits per heavy atom. The molecule has 0 saturated carbocycles. The molecule has 142 valence electrons. The van der Waals surface area contributed by atoms with Crippen LogP contribution in [0.3, 0.4) is 0 Å². The van der Waals surface area contributed by atoms with Crippen molar-refractivity contribution in [2.75, 3.05) is 40.5 Å². The van der Waals surface area contributed by atoms with Gasteiger partial charge in [0.1, 0.15) is 23.6 Å². The molecular weight excluding hydrogens is 437 g/mol. The van der Waals surface area contributed by atoms with Crippen LogP contribution in [0, 0.1) is 12.8 Å². The molecule has 1 atom stereocenters. The van der Waals surface area contributed by atoms with E-state index >= 15 is 0 Å². The molecule has 8 heteroatoms. The fourth-order valence-electron chi connectivity index (χ4n) is 2.76. The van der Waals surface area contributed by atoms with Crippen molar-refractivity contribution < 1.29 is 18.7 Å². The van der Waals surface area contributed by atoms with E-state index in [2.05, 4.69) is 15.2 Å². The minimum Gasteiger partial charge on any atom is -0.465 e. The second-order valence-electron chi connectivity index (χ2n) is 5.95. The van der Waals surface area contributed by atoms with Crippen molar-refractivity contribution in [3.8, 4) is 0 Å². The molecular formula is C17H28IN3O4. The number of carbonyl (C=O) groups excluding carboxylic acids is 1. The van der Waals surface area contributed by atoms with Gasteiger partial charge in [0.25, 0.3) is 0 Å². The lowest BCUT2D eigenvalue weighted by Gasteiger charge is -2.24. The second-order valence-corrected chi connectivity index (χ2v) is 5.95. The van der Waals surface area contributed by atoms with Gasteiger partial charge < -0.3 is 24.1 Å². The minimum absolute atomic E-state index is 0. The molecule has 0 bridgehead atoms. The van der Waals surface area contributed by atoms with E-state index in [1.807, 2.05) is 14.0 Å². The van der Waals surface area contributed by atoms with Crippen molar-refractivity contribution in [3.05, 3.63) is 23.2 Å². The van der Waals surface area contributed by atoms with Gasteiger partial charge in [-0.25, -0.2) is 9.79 Å². The molecule has 1 aliphatic heterocycles. The van der Waals surface area contributed by atoms with Crippen LogP contribution in [0.25, 0.3) is 0 Å². The zero-order valence-electron chi connectivity index (χ0n) is 15.3. The fraction of sp³-hybridized carbons (Fsp3) is 0.647. The molecule has 1 unspecified atom stereocenters.